The number of aliphatic carboxylic acids is 1. The first-order valence-corrected chi connectivity index (χ1v) is 10.8. The summed E-state index contributed by atoms with van der Waals surface area (Å²) in [7, 11) is 3.97. The topological polar surface area (TPSA) is 107 Å². The maximum atomic E-state index is 12.4. The maximum Gasteiger partial charge on any atom is 0.490 e. The lowest BCUT2D eigenvalue weighted by Crippen LogP contribution is -2.40. The largest absolute Gasteiger partial charge is 0.490 e. The summed E-state index contributed by atoms with van der Waals surface area (Å²) in [4.78, 5) is 32.3. The summed E-state index contributed by atoms with van der Waals surface area (Å²) < 4.78 is 31.7. The molecule has 1 aromatic carbocycles. The highest BCUT2D eigenvalue weighted by Gasteiger charge is 2.38. The van der Waals surface area contributed by atoms with Gasteiger partial charge in [-0.05, 0) is 51.7 Å². The van der Waals surface area contributed by atoms with Gasteiger partial charge in [-0.25, -0.2) is 9.78 Å². The Labute approximate surface area is 196 Å². The van der Waals surface area contributed by atoms with Gasteiger partial charge in [0.05, 0.1) is 0 Å². The molecule has 1 aliphatic carbocycles. The van der Waals surface area contributed by atoms with Crippen molar-refractivity contribution in [2.24, 2.45) is 0 Å². The molecule has 0 aliphatic heterocycles. The molecule has 1 heterocycles. The molecule has 0 spiro atoms. The van der Waals surface area contributed by atoms with Crippen molar-refractivity contribution in [3.63, 3.8) is 0 Å². The molecular weight excluding hydrogens is 451 g/mol. The van der Waals surface area contributed by atoms with Gasteiger partial charge in [-0.3, -0.25) is 4.79 Å². The summed E-state index contributed by atoms with van der Waals surface area (Å²) in [6, 6.07) is 8.28. The van der Waals surface area contributed by atoms with Crippen LogP contribution in [0.4, 0.5) is 24.9 Å². The molecule has 0 radical (unpaired) electrons. The van der Waals surface area contributed by atoms with Gasteiger partial charge in [0.1, 0.15) is 5.82 Å². The second kappa shape index (κ2) is 11.7. The lowest BCUT2D eigenvalue weighted by Gasteiger charge is -2.30. The van der Waals surface area contributed by atoms with Crippen LogP contribution in [-0.2, 0) is 4.79 Å². The van der Waals surface area contributed by atoms with Crippen LogP contribution in [0, 0.1) is 13.8 Å². The second-order valence-corrected chi connectivity index (χ2v) is 8.43. The highest BCUT2D eigenvalue weighted by atomic mass is 19.4. The summed E-state index contributed by atoms with van der Waals surface area (Å²) in [5.41, 5.74) is 2.95. The van der Waals surface area contributed by atoms with Crippen molar-refractivity contribution in [2.45, 2.75) is 57.8 Å². The summed E-state index contributed by atoms with van der Waals surface area (Å²) >= 11 is 0. The Morgan fingerprint density at radius 3 is 2.06 bits per heavy atom. The number of carboxylic acid groups (broad SMARTS) is 1. The van der Waals surface area contributed by atoms with E-state index in [9.17, 15) is 18.0 Å². The lowest BCUT2D eigenvalue weighted by molar-refractivity contribution is -0.192. The van der Waals surface area contributed by atoms with Crippen molar-refractivity contribution in [1.29, 1.82) is 0 Å². The van der Waals surface area contributed by atoms with Crippen molar-refractivity contribution >= 4 is 23.6 Å². The summed E-state index contributed by atoms with van der Waals surface area (Å²) in [6.45, 7) is 4.04. The number of benzene rings is 1. The van der Waals surface area contributed by atoms with Crippen molar-refractivity contribution in [2.75, 3.05) is 24.3 Å². The van der Waals surface area contributed by atoms with E-state index in [1.807, 2.05) is 63.3 Å². The lowest BCUT2D eigenvalue weighted by atomic mass is 9.91. The predicted molar refractivity (Wildman–Crippen MR) is 123 cm³/mol. The van der Waals surface area contributed by atoms with Crippen molar-refractivity contribution < 1.29 is 27.9 Å². The fourth-order valence-corrected chi connectivity index (χ4v) is 3.49. The Bertz CT molecular complexity index is 973. The summed E-state index contributed by atoms with van der Waals surface area (Å²) in [5, 5.41) is 13.7. The van der Waals surface area contributed by atoms with Crippen LogP contribution in [0.1, 0.15) is 47.2 Å². The molecule has 1 fully saturated rings. The van der Waals surface area contributed by atoms with Crippen molar-refractivity contribution in [3.8, 4) is 0 Å². The van der Waals surface area contributed by atoms with Gasteiger partial charge in [0.25, 0.3) is 5.91 Å². The molecule has 1 saturated carbocycles. The van der Waals surface area contributed by atoms with Gasteiger partial charge in [-0.2, -0.15) is 18.2 Å². The molecule has 0 bridgehead atoms. The molecule has 1 aromatic heterocycles. The minimum Gasteiger partial charge on any atom is -0.475 e. The van der Waals surface area contributed by atoms with E-state index in [1.54, 1.807) is 0 Å². The van der Waals surface area contributed by atoms with E-state index in [2.05, 4.69) is 20.6 Å². The Kier molecular flexibility index (Phi) is 9.22. The number of carbonyl (C=O) groups is 2. The molecule has 2 aromatic rings. The number of amides is 1. The number of nitrogens with one attached hydrogen (secondary N) is 2. The standard InChI is InChI=1S/C21H29N5O.C2HF3O2/c1-14-5-7-16(8-6-14)20(27)23-17-9-11-18(12-10-17)24-21-22-13-15(2)19(25-21)26(3)4;3-2(4,5)1(6)7/h5-8,13,17-18H,9-12H2,1-4H3,(H,23,27)(H,22,24,25);(H,6,7)/t17-,18+;. The van der Waals surface area contributed by atoms with Crippen LogP contribution in [0.25, 0.3) is 0 Å². The molecule has 1 aliphatic rings. The number of aromatic nitrogens is 2. The minimum absolute atomic E-state index is 0.0175. The first-order valence-electron chi connectivity index (χ1n) is 10.8. The average Bonchev–Trinajstić information content (AvgIpc) is 2.76. The van der Waals surface area contributed by atoms with E-state index in [0.717, 1.165) is 48.2 Å². The number of anilines is 2. The van der Waals surface area contributed by atoms with Gasteiger partial charge in [-0.15, -0.1) is 0 Å². The summed E-state index contributed by atoms with van der Waals surface area (Å²) in [6.07, 6.45) is 0.683. The zero-order valence-corrected chi connectivity index (χ0v) is 19.6. The Balaban J connectivity index is 0.000000509. The molecule has 1 amide bonds. The third-order valence-electron chi connectivity index (χ3n) is 5.32. The van der Waals surface area contributed by atoms with Gasteiger partial charge < -0.3 is 20.6 Å². The minimum atomic E-state index is -5.08. The third kappa shape index (κ3) is 8.20. The van der Waals surface area contributed by atoms with E-state index < -0.39 is 12.1 Å². The normalized spacial score (nSPS) is 17.7. The fourth-order valence-electron chi connectivity index (χ4n) is 3.49. The Morgan fingerprint density at radius 2 is 1.56 bits per heavy atom. The zero-order valence-electron chi connectivity index (χ0n) is 19.6. The quantitative estimate of drug-likeness (QED) is 0.594. The Hall–Kier alpha value is -3.37. The number of hydrogen-bond donors (Lipinski definition) is 3. The van der Waals surface area contributed by atoms with E-state index in [4.69, 9.17) is 9.90 Å². The number of aryl methyl sites for hydroxylation is 2. The van der Waals surface area contributed by atoms with Crippen LogP contribution >= 0.6 is 0 Å². The molecular formula is C23H30F3N5O3. The van der Waals surface area contributed by atoms with Crippen molar-refractivity contribution in [3.05, 3.63) is 47.2 Å². The molecule has 11 heteroatoms. The number of carboxylic acids is 1. The number of hydrogen-bond acceptors (Lipinski definition) is 6. The molecule has 34 heavy (non-hydrogen) atoms. The van der Waals surface area contributed by atoms with Crippen LogP contribution < -0.4 is 15.5 Å². The zero-order chi connectivity index (χ0) is 25.5. The fraction of sp³-hybridized carbons (Fsp3) is 0.478. The van der Waals surface area contributed by atoms with Crippen LogP contribution in [-0.4, -0.2) is 59.3 Å². The van der Waals surface area contributed by atoms with Gasteiger partial charge in [0, 0.05) is 43.5 Å². The Morgan fingerprint density at radius 1 is 1.03 bits per heavy atom. The van der Waals surface area contributed by atoms with Gasteiger partial charge in [0.2, 0.25) is 5.95 Å². The molecule has 0 saturated heterocycles. The van der Waals surface area contributed by atoms with Crippen LogP contribution in [0.3, 0.4) is 0 Å². The number of carbonyl (C=O) groups excluding carboxylic acids is 1. The monoisotopic (exact) mass is 481 g/mol. The highest BCUT2D eigenvalue weighted by molar-refractivity contribution is 5.94. The molecule has 0 atom stereocenters. The number of alkyl halides is 3. The van der Waals surface area contributed by atoms with Gasteiger partial charge >= 0.3 is 12.1 Å². The van der Waals surface area contributed by atoms with Gasteiger partial charge in [-0.1, -0.05) is 17.7 Å². The number of nitrogens with zero attached hydrogens (tertiary/aromatic N) is 3. The van der Waals surface area contributed by atoms with Gasteiger partial charge in [0.15, 0.2) is 0 Å². The molecule has 0 unspecified atom stereocenters. The molecule has 3 N–H and O–H groups in total. The second-order valence-electron chi connectivity index (χ2n) is 8.43. The molecule has 3 rings (SSSR count). The van der Waals surface area contributed by atoms with Crippen LogP contribution in [0.15, 0.2) is 30.5 Å². The van der Waals surface area contributed by atoms with E-state index >= 15 is 0 Å². The number of halogens is 3. The maximum absolute atomic E-state index is 12.4. The van der Waals surface area contributed by atoms with Crippen LogP contribution in [0.2, 0.25) is 0 Å². The number of rotatable bonds is 5. The predicted octanol–water partition coefficient (Wildman–Crippen LogP) is 3.95. The molecule has 186 valence electrons. The SMILES string of the molecule is Cc1ccc(C(=O)N[C@H]2CC[C@@H](Nc3ncc(C)c(N(C)C)n3)CC2)cc1.O=C(O)C(F)(F)F. The first-order chi connectivity index (χ1) is 15.9. The van der Waals surface area contributed by atoms with Crippen LogP contribution in [0.5, 0.6) is 0 Å². The van der Waals surface area contributed by atoms with Crippen molar-refractivity contribution in [1.82, 2.24) is 15.3 Å². The van der Waals surface area contributed by atoms with E-state index in [0.29, 0.717) is 12.0 Å². The van der Waals surface area contributed by atoms with E-state index in [1.165, 1.54) is 0 Å². The van der Waals surface area contributed by atoms with E-state index in [-0.39, 0.29) is 11.9 Å². The molecule has 8 nitrogen and oxygen atoms in total. The average molecular weight is 482 g/mol. The highest BCUT2D eigenvalue weighted by Crippen LogP contribution is 2.23. The smallest absolute Gasteiger partial charge is 0.475 e. The third-order valence-corrected chi connectivity index (χ3v) is 5.32. The first kappa shape index (κ1) is 26.9. The summed E-state index contributed by atoms with van der Waals surface area (Å²) in [5.74, 6) is -1.13.